The van der Waals surface area contributed by atoms with Crippen LogP contribution in [-0.2, 0) is 9.47 Å². The zero-order chi connectivity index (χ0) is 15.2. The molecule has 4 heterocycles. The number of hydrogen-bond donors (Lipinski definition) is 6. The first kappa shape index (κ1) is 13.6. The predicted molar refractivity (Wildman–Crippen MR) is 61.8 cm³/mol. The largest absolute Gasteiger partial charge is 0.805 e. The highest BCUT2D eigenvalue weighted by Crippen LogP contribution is 2.57. The van der Waals surface area contributed by atoms with E-state index in [4.69, 9.17) is 15.2 Å². The molecular formula is C11H15N3O7-. The summed E-state index contributed by atoms with van der Waals surface area (Å²) in [5.41, 5.74) is 2.02. The highest BCUT2D eigenvalue weighted by atomic mass is 16.9. The molecule has 4 bridgehead atoms. The quantitative estimate of drug-likeness (QED) is 0.276. The molecule has 117 valence electrons. The number of hydrogen-bond acceptors (Lipinski definition) is 10. The van der Waals surface area contributed by atoms with Crippen LogP contribution in [0.2, 0.25) is 0 Å². The maximum absolute atomic E-state index is 12.5. The van der Waals surface area contributed by atoms with E-state index in [2.05, 4.69) is 10.3 Å². The Labute approximate surface area is 118 Å². The number of aliphatic hydroxyl groups is 4. The Morgan fingerprint density at radius 2 is 2.05 bits per heavy atom. The molecule has 1 saturated carbocycles. The van der Waals surface area contributed by atoms with Gasteiger partial charge in [0.2, 0.25) is 0 Å². The summed E-state index contributed by atoms with van der Waals surface area (Å²) < 4.78 is 10.1. The average molecular weight is 301 g/mol. The van der Waals surface area contributed by atoms with Crippen molar-refractivity contribution in [2.75, 3.05) is 6.61 Å². The molecule has 6 unspecified atom stereocenters. The second-order valence-corrected chi connectivity index (χ2v) is 5.92. The molecule has 4 aliphatic heterocycles. The van der Waals surface area contributed by atoms with E-state index in [9.17, 15) is 25.5 Å². The minimum absolute atomic E-state index is 0.0811. The summed E-state index contributed by atoms with van der Waals surface area (Å²) >= 11 is 0. The predicted octanol–water partition coefficient (Wildman–Crippen LogP) is -5.31. The lowest BCUT2D eigenvalue weighted by Crippen LogP contribution is -2.96. The van der Waals surface area contributed by atoms with Crippen LogP contribution in [-0.4, -0.2) is 74.5 Å². The Balaban J connectivity index is 1.92. The van der Waals surface area contributed by atoms with Crippen molar-refractivity contribution in [3.63, 3.8) is 0 Å². The average Bonchev–Trinajstić information content (AvgIpc) is 2.45. The maximum atomic E-state index is 12.5. The fraction of sp³-hybridized carbons (Fsp3) is 0.818. The van der Waals surface area contributed by atoms with Crippen molar-refractivity contribution in [1.29, 1.82) is 0 Å². The zero-order valence-electron chi connectivity index (χ0n) is 10.7. The van der Waals surface area contributed by atoms with Crippen LogP contribution in [0, 0.1) is 12.5 Å². The van der Waals surface area contributed by atoms with E-state index in [1.54, 1.807) is 0 Å². The van der Waals surface area contributed by atoms with Crippen LogP contribution < -0.4 is 16.2 Å². The SMILES string of the molecule is NC1=N[CH]C2C3OC4([O-])OC([C@@H](O)C2(N1)[C@@H]4O)C3(O)CO. The van der Waals surface area contributed by atoms with Crippen molar-refractivity contribution < 1.29 is 35.0 Å². The second kappa shape index (κ2) is 3.66. The van der Waals surface area contributed by atoms with Crippen molar-refractivity contribution >= 4 is 5.96 Å². The number of guanidine groups is 1. The zero-order valence-corrected chi connectivity index (χ0v) is 10.7. The summed E-state index contributed by atoms with van der Waals surface area (Å²) in [7, 11) is 0. The summed E-state index contributed by atoms with van der Waals surface area (Å²) in [4.78, 5) is 3.84. The lowest BCUT2D eigenvalue weighted by molar-refractivity contribution is -0.707. The van der Waals surface area contributed by atoms with Gasteiger partial charge in [0, 0.05) is 5.92 Å². The van der Waals surface area contributed by atoms with Crippen LogP contribution in [0.4, 0.5) is 0 Å². The van der Waals surface area contributed by atoms with Gasteiger partial charge in [-0.2, -0.15) is 0 Å². The minimum atomic E-state index is -2.66. The maximum Gasteiger partial charge on any atom is 0.189 e. The van der Waals surface area contributed by atoms with Gasteiger partial charge in [-0.15, -0.1) is 0 Å². The first-order valence-corrected chi connectivity index (χ1v) is 6.50. The molecule has 5 rings (SSSR count). The monoisotopic (exact) mass is 301 g/mol. The van der Waals surface area contributed by atoms with Gasteiger partial charge in [0.1, 0.15) is 41.5 Å². The smallest absolute Gasteiger partial charge is 0.189 e. The van der Waals surface area contributed by atoms with Crippen molar-refractivity contribution in [1.82, 2.24) is 5.32 Å². The second-order valence-electron chi connectivity index (χ2n) is 5.92. The fourth-order valence-corrected chi connectivity index (χ4v) is 3.96. The molecule has 0 aromatic carbocycles. The first-order valence-electron chi connectivity index (χ1n) is 6.50. The number of nitrogens with zero attached hydrogens (tertiary/aromatic N) is 1. The van der Waals surface area contributed by atoms with E-state index in [1.807, 2.05) is 0 Å². The summed E-state index contributed by atoms with van der Waals surface area (Å²) in [6, 6.07) is 0. The number of ether oxygens (including phenoxy) is 2. The van der Waals surface area contributed by atoms with Gasteiger partial charge in [-0.05, 0) is 0 Å². The van der Waals surface area contributed by atoms with E-state index in [0.29, 0.717) is 0 Å². The standard InChI is InChI=1S/C11H15N3O7/c12-8-13-1-3-5-9(18,2-15)6-4(16)10(3,14-8)7(17)11(19,20-5)21-6/h1,3-7,15-18H,2H2,(H3,12,13,14)/q-1/t3?,4-,5?,6?,7+,9?,10?,11?/m1/s1. The minimum Gasteiger partial charge on any atom is -0.805 e. The van der Waals surface area contributed by atoms with Crippen molar-refractivity contribution in [3.05, 3.63) is 6.54 Å². The van der Waals surface area contributed by atoms with Gasteiger partial charge in [0.15, 0.2) is 5.96 Å². The molecular weight excluding hydrogens is 286 g/mol. The van der Waals surface area contributed by atoms with Crippen LogP contribution in [0.5, 0.6) is 0 Å². The van der Waals surface area contributed by atoms with E-state index in [-0.39, 0.29) is 5.96 Å². The molecule has 0 aromatic rings. The highest BCUT2D eigenvalue weighted by molar-refractivity contribution is 5.80. The van der Waals surface area contributed by atoms with Gasteiger partial charge in [-0.1, -0.05) is 0 Å². The lowest BCUT2D eigenvalue weighted by Gasteiger charge is -2.74. The Morgan fingerprint density at radius 1 is 1.38 bits per heavy atom. The first-order chi connectivity index (χ1) is 9.79. The molecule has 3 saturated heterocycles. The molecule has 0 aromatic heterocycles. The van der Waals surface area contributed by atoms with Gasteiger partial charge < -0.3 is 46.1 Å². The Kier molecular flexibility index (Phi) is 2.38. The normalized spacial score (nSPS) is 61.2. The summed E-state index contributed by atoms with van der Waals surface area (Å²) in [5.74, 6) is -3.61. The molecule has 0 amide bonds. The van der Waals surface area contributed by atoms with E-state index in [1.165, 1.54) is 6.54 Å². The van der Waals surface area contributed by atoms with Crippen molar-refractivity contribution in [2.24, 2.45) is 16.6 Å². The van der Waals surface area contributed by atoms with Gasteiger partial charge in [-0.3, -0.25) is 0 Å². The van der Waals surface area contributed by atoms with Crippen LogP contribution in [0.15, 0.2) is 4.99 Å². The van der Waals surface area contributed by atoms with Crippen LogP contribution in [0.25, 0.3) is 0 Å². The molecule has 7 N–H and O–H groups in total. The van der Waals surface area contributed by atoms with Crippen molar-refractivity contribution in [2.45, 2.75) is 41.5 Å². The Hall–Kier alpha value is -1.01. The van der Waals surface area contributed by atoms with Crippen LogP contribution in [0.3, 0.4) is 0 Å². The number of nitrogens with two attached hydrogens (primary N) is 1. The molecule has 5 aliphatic rings. The topological polar surface area (TPSA) is 173 Å². The number of aliphatic imine (C=N–C) groups is 1. The van der Waals surface area contributed by atoms with E-state index < -0.39 is 54.1 Å². The molecule has 1 aliphatic carbocycles. The third-order valence-electron chi connectivity index (χ3n) is 4.98. The van der Waals surface area contributed by atoms with Gasteiger partial charge in [0.25, 0.3) is 0 Å². The molecule has 1 radical (unpaired) electrons. The van der Waals surface area contributed by atoms with Crippen molar-refractivity contribution in [3.8, 4) is 0 Å². The van der Waals surface area contributed by atoms with Gasteiger partial charge in [0.05, 0.1) is 13.2 Å². The summed E-state index contributed by atoms with van der Waals surface area (Å²) in [6.45, 7) is 0.510. The Morgan fingerprint density at radius 3 is 2.71 bits per heavy atom. The third-order valence-corrected chi connectivity index (χ3v) is 4.98. The van der Waals surface area contributed by atoms with E-state index in [0.717, 1.165) is 0 Å². The molecule has 1 spiro atoms. The third kappa shape index (κ3) is 1.26. The lowest BCUT2D eigenvalue weighted by atomic mass is 9.55. The van der Waals surface area contributed by atoms with Gasteiger partial charge in [-0.25, -0.2) is 4.99 Å². The van der Waals surface area contributed by atoms with Gasteiger partial charge >= 0.3 is 0 Å². The number of nitrogens with one attached hydrogen (secondary N) is 1. The molecule has 4 fully saturated rings. The Bertz CT molecular complexity index is 532. The highest BCUT2D eigenvalue weighted by Gasteiger charge is 2.78. The molecule has 10 heteroatoms. The number of aliphatic hydroxyl groups excluding tert-OH is 3. The molecule has 21 heavy (non-hydrogen) atoms. The van der Waals surface area contributed by atoms with Crippen LogP contribution in [0.1, 0.15) is 0 Å². The van der Waals surface area contributed by atoms with E-state index >= 15 is 0 Å². The summed E-state index contributed by atoms with van der Waals surface area (Å²) in [5, 5.41) is 56.1. The van der Waals surface area contributed by atoms with Crippen LogP contribution >= 0.6 is 0 Å². The molecule has 8 atom stereocenters. The molecule has 10 nitrogen and oxygen atoms in total. The number of rotatable bonds is 1. The fourth-order valence-electron chi connectivity index (χ4n) is 3.96. The summed E-state index contributed by atoms with van der Waals surface area (Å²) in [6.07, 6.45) is -5.91.